The van der Waals surface area contributed by atoms with E-state index in [4.69, 9.17) is 0 Å². The van der Waals surface area contributed by atoms with Crippen molar-refractivity contribution in [2.45, 2.75) is 19.0 Å². The number of rotatable bonds is 5. The molecule has 3 N–H and O–H groups in total. The minimum absolute atomic E-state index is 0.0733. The number of aromatic nitrogens is 6. The van der Waals surface area contributed by atoms with Crippen molar-refractivity contribution >= 4 is 34.5 Å². The molecule has 0 fully saturated rings. The Morgan fingerprint density at radius 2 is 2.07 bits per heavy atom. The van der Waals surface area contributed by atoms with Crippen LogP contribution >= 0.6 is 11.8 Å². The van der Waals surface area contributed by atoms with E-state index in [1.807, 2.05) is 38.1 Å². The van der Waals surface area contributed by atoms with E-state index in [9.17, 15) is 9.59 Å². The number of fused-ring (bicyclic) bond motifs is 1. The third-order valence-corrected chi connectivity index (χ3v) is 5.05. The fourth-order valence-electron chi connectivity index (χ4n) is 2.79. The number of aromatic amines is 2. The monoisotopic (exact) mass is 395 g/mol. The molecule has 0 spiro atoms. The molecule has 0 aliphatic carbocycles. The Morgan fingerprint density at radius 1 is 1.25 bits per heavy atom. The lowest BCUT2D eigenvalue weighted by molar-refractivity contribution is -0.113. The molecular formula is C18H17N7O2S. The largest absolute Gasteiger partial charge is 0.308 e. The van der Waals surface area contributed by atoms with Crippen molar-refractivity contribution in [3.05, 3.63) is 58.1 Å². The molecule has 0 aliphatic rings. The number of benzene rings is 1. The number of nitrogens with zero attached hydrogens (tertiary/aromatic N) is 4. The maximum Gasteiger partial charge on any atom is 0.269 e. The molecule has 28 heavy (non-hydrogen) atoms. The summed E-state index contributed by atoms with van der Waals surface area (Å²) in [5.41, 5.74) is 2.64. The molecule has 142 valence electrons. The number of carbonyl (C=O) groups excluding carboxylic acids is 1. The molecule has 1 amide bonds. The molecule has 4 rings (SSSR count). The van der Waals surface area contributed by atoms with E-state index in [0.717, 1.165) is 11.3 Å². The Balaban J connectivity index is 1.68. The van der Waals surface area contributed by atoms with Crippen molar-refractivity contribution in [2.24, 2.45) is 0 Å². The molecule has 3 heterocycles. The van der Waals surface area contributed by atoms with Crippen LogP contribution in [0.1, 0.15) is 11.3 Å². The van der Waals surface area contributed by atoms with Gasteiger partial charge in [-0.15, -0.1) is 0 Å². The molecule has 0 atom stereocenters. The molecule has 0 unspecified atom stereocenters. The average molecular weight is 395 g/mol. The minimum atomic E-state index is -0.244. The first kappa shape index (κ1) is 18.0. The van der Waals surface area contributed by atoms with Crippen LogP contribution in [0.25, 0.3) is 16.7 Å². The van der Waals surface area contributed by atoms with Gasteiger partial charge < -0.3 is 5.32 Å². The zero-order valence-electron chi connectivity index (χ0n) is 15.2. The minimum Gasteiger partial charge on any atom is -0.308 e. The number of hydrogen-bond acceptors (Lipinski definition) is 6. The highest BCUT2D eigenvalue weighted by Gasteiger charge is 2.17. The van der Waals surface area contributed by atoms with Gasteiger partial charge in [-0.2, -0.15) is 10.2 Å². The van der Waals surface area contributed by atoms with E-state index in [1.54, 1.807) is 6.07 Å². The maximum atomic E-state index is 13.0. The number of H-pyrrole nitrogens is 2. The van der Waals surface area contributed by atoms with Crippen LogP contribution < -0.4 is 10.9 Å². The molecule has 0 aliphatic heterocycles. The van der Waals surface area contributed by atoms with Crippen molar-refractivity contribution in [3.8, 4) is 5.69 Å². The summed E-state index contributed by atoms with van der Waals surface area (Å²) in [5, 5.41) is 16.9. The molecule has 1 aromatic carbocycles. The summed E-state index contributed by atoms with van der Waals surface area (Å²) in [6.45, 7) is 3.77. The number of thioether (sulfide) groups is 1. The first-order valence-corrected chi connectivity index (χ1v) is 9.48. The fourth-order valence-corrected chi connectivity index (χ4v) is 3.59. The lowest BCUT2D eigenvalue weighted by Crippen LogP contribution is -2.23. The SMILES string of the molecule is Cc1cc(NC(=O)CSc2nc3[nH]ncc3c(=O)n2-c2ccccc2C)n[nH]1. The van der Waals surface area contributed by atoms with E-state index in [2.05, 4.69) is 30.7 Å². The number of anilines is 1. The fraction of sp³-hybridized carbons (Fsp3) is 0.167. The molecule has 0 saturated carbocycles. The summed E-state index contributed by atoms with van der Waals surface area (Å²) in [4.78, 5) is 29.8. The van der Waals surface area contributed by atoms with Crippen molar-refractivity contribution in [2.75, 3.05) is 11.1 Å². The highest BCUT2D eigenvalue weighted by molar-refractivity contribution is 7.99. The van der Waals surface area contributed by atoms with Crippen LogP contribution in [-0.2, 0) is 4.79 Å². The summed E-state index contributed by atoms with van der Waals surface area (Å²) in [6.07, 6.45) is 1.46. The van der Waals surface area contributed by atoms with E-state index < -0.39 is 0 Å². The van der Waals surface area contributed by atoms with Gasteiger partial charge in [0.25, 0.3) is 5.56 Å². The van der Waals surface area contributed by atoms with Crippen molar-refractivity contribution in [1.29, 1.82) is 0 Å². The number of aryl methyl sites for hydroxylation is 2. The lowest BCUT2D eigenvalue weighted by Gasteiger charge is -2.13. The van der Waals surface area contributed by atoms with Gasteiger partial charge in [-0.3, -0.25) is 24.4 Å². The van der Waals surface area contributed by atoms with Gasteiger partial charge >= 0.3 is 0 Å². The van der Waals surface area contributed by atoms with Gasteiger partial charge in [0.15, 0.2) is 16.6 Å². The third kappa shape index (κ3) is 3.41. The van der Waals surface area contributed by atoms with Gasteiger partial charge in [-0.05, 0) is 25.5 Å². The summed E-state index contributed by atoms with van der Waals surface area (Å²) >= 11 is 1.17. The summed E-state index contributed by atoms with van der Waals surface area (Å²) in [6, 6.07) is 9.26. The normalized spacial score (nSPS) is 11.1. The summed E-state index contributed by atoms with van der Waals surface area (Å²) in [5.74, 6) is 0.285. The van der Waals surface area contributed by atoms with Crippen molar-refractivity contribution < 1.29 is 4.79 Å². The third-order valence-electron chi connectivity index (χ3n) is 4.11. The van der Waals surface area contributed by atoms with Crippen LogP contribution in [0.5, 0.6) is 0 Å². The standard InChI is InChI=1S/C18H17N7O2S/c1-10-5-3-4-6-13(10)25-17(27)12-8-19-24-16(12)21-18(25)28-9-15(26)20-14-7-11(2)22-23-14/h3-8H,9H2,1-2H3,(H,19,24)(H2,20,22,23,26). The van der Waals surface area contributed by atoms with Gasteiger partial charge in [0, 0.05) is 11.8 Å². The molecule has 3 aromatic heterocycles. The van der Waals surface area contributed by atoms with E-state index in [0.29, 0.717) is 27.7 Å². The Kier molecular flexibility index (Phi) is 4.70. The van der Waals surface area contributed by atoms with Crippen LogP contribution in [0.4, 0.5) is 5.82 Å². The quantitative estimate of drug-likeness (QED) is 0.352. The second-order valence-corrected chi connectivity index (χ2v) is 7.17. The van der Waals surface area contributed by atoms with Crippen LogP contribution in [0.2, 0.25) is 0 Å². The van der Waals surface area contributed by atoms with Crippen LogP contribution in [0, 0.1) is 13.8 Å². The van der Waals surface area contributed by atoms with Gasteiger partial charge in [-0.1, -0.05) is 30.0 Å². The Bertz CT molecular complexity index is 1220. The Hall–Kier alpha value is -3.40. The predicted octanol–water partition coefficient (Wildman–Crippen LogP) is 2.18. The molecule has 9 nitrogen and oxygen atoms in total. The zero-order valence-corrected chi connectivity index (χ0v) is 16.0. The number of hydrogen-bond donors (Lipinski definition) is 3. The average Bonchev–Trinajstić information content (AvgIpc) is 3.30. The summed E-state index contributed by atoms with van der Waals surface area (Å²) < 4.78 is 1.52. The van der Waals surface area contributed by atoms with E-state index in [1.165, 1.54) is 22.5 Å². The number of para-hydroxylation sites is 1. The lowest BCUT2D eigenvalue weighted by atomic mass is 10.2. The van der Waals surface area contributed by atoms with Gasteiger partial charge in [0.05, 0.1) is 17.6 Å². The van der Waals surface area contributed by atoms with Gasteiger partial charge in [0.2, 0.25) is 5.91 Å². The first-order valence-electron chi connectivity index (χ1n) is 8.50. The Labute approximate surface area is 163 Å². The van der Waals surface area contributed by atoms with Crippen molar-refractivity contribution in [3.63, 3.8) is 0 Å². The van der Waals surface area contributed by atoms with Gasteiger partial charge in [0.1, 0.15) is 5.39 Å². The van der Waals surface area contributed by atoms with E-state index in [-0.39, 0.29) is 17.2 Å². The smallest absolute Gasteiger partial charge is 0.269 e. The maximum absolute atomic E-state index is 13.0. The Morgan fingerprint density at radius 3 is 2.82 bits per heavy atom. The highest BCUT2D eigenvalue weighted by atomic mass is 32.2. The van der Waals surface area contributed by atoms with Crippen LogP contribution in [-0.4, -0.2) is 41.6 Å². The molecule has 0 radical (unpaired) electrons. The zero-order chi connectivity index (χ0) is 19.7. The van der Waals surface area contributed by atoms with Crippen molar-refractivity contribution in [1.82, 2.24) is 29.9 Å². The van der Waals surface area contributed by atoms with Gasteiger partial charge in [-0.25, -0.2) is 4.98 Å². The molecule has 0 bridgehead atoms. The first-order chi connectivity index (χ1) is 13.5. The second-order valence-electron chi connectivity index (χ2n) is 6.23. The molecule has 4 aromatic rings. The van der Waals surface area contributed by atoms with Crippen LogP contribution in [0.15, 0.2) is 46.5 Å². The topological polar surface area (TPSA) is 121 Å². The number of nitrogens with one attached hydrogen (secondary N) is 3. The highest BCUT2D eigenvalue weighted by Crippen LogP contribution is 2.22. The molecular weight excluding hydrogens is 378 g/mol. The van der Waals surface area contributed by atoms with Crippen LogP contribution in [0.3, 0.4) is 0 Å². The molecule has 10 heteroatoms. The van der Waals surface area contributed by atoms with E-state index >= 15 is 0 Å². The number of carbonyl (C=O) groups is 1. The second kappa shape index (κ2) is 7.31. The summed E-state index contributed by atoms with van der Waals surface area (Å²) in [7, 11) is 0. The number of amides is 1. The predicted molar refractivity (Wildman–Crippen MR) is 107 cm³/mol. The molecule has 0 saturated heterocycles.